The van der Waals surface area contributed by atoms with Crippen molar-refractivity contribution in [3.8, 4) is 11.5 Å². The largest absolute Gasteiger partial charge is 0.457 e. The molecule has 4 rings (SSSR count). The van der Waals surface area contributed by atoms with Crippen molar-refractivity contribution < 1.29 is 13.9 Å². The average Bonchev–Trinajstić information content (AvgIpc) is 3.48. The highest BCUT2D eigenvalue weighted by molar-refractivity contribution is 5.91. The van der Waals surface area contributed by atoms with Crippen molar-refractivity contribution in [1.29, 1.82) is 0 Å². The Labute approximate surface area is 195 Å². The molecular weight excluding hydrogens is 416 g/mol. The smallest absolute Gasteiger partial charge is 0.273 e. The van der Waals surface area contributed by atoms with Gasteiger partial charge in [-0.1, -0.05) is 30.3 Å². The molecule has 3 aromatic rings. The summed E-state index contributed by atoms with van der Waals surface area (Å²) in [6, 6.07) is 18.0. The first-order valence-corrected chi connectivity index (χ1v) is 11.5. The summed E-state index contributed by atoms with van der Waals surface area (Å²) in [4.78, 5) is 21.1. The Hall–Kier alpha value is -3.16. The van der Waals surface area contributed by atoms with Gasteiger partial charge in [0.1, 0.15) is 17.8 Å². The van der Waals surface area contributed by atoms with Crippen LogP contribution in [0.5, 0.6) is 11.5 Å². The molecule has 174 valence electrons. The minimum Gasteiger partial charge on any atom is -0.457 e. The highest BCUT2D eigenvalue weighted by Crippen LogP contribution is 2.31. The molecule has 1 N–H and O–H groups in total. The molecule has 0 unspecified atom stereocenters. The van der Waals surface area contributed by atoms with Crippen LogP contribution in [0.2, 0.25) is 0 Å². The maximum Gasteiger partial charge on any atom is 0.273 e. The van der Waals surface area contributed by atoms with Crippen LogP contribution in [0.3, 0.4) is 0 Å². The van der Waals surface area contributed by atoms with Crippen LogP contribution in [0.4, 0.5) is 0 Å². The molecule has 7 nitrogen and oxygen atoms in total. The summed E-state index contributed by atoms with van der Waals surface area (Å²) in [7, 11) is 3.94. The van der Waals surface area contributed by atoms with Gasteiger partial charge in [-0.2, -0.15) is 0 Å². The Morgan fingerprint density at radius 3 is 2.64 bits per heavy atom. The number of amides is 1. The molecule has 1 heterocycles. The molecule has 1 aromatic heterocycles. The van der Waals surface area contributed by atoms with Crippen LogP contribution in [0.25, 0.3) is 0 Å². The number of aromatic nitrogens is 1. The molecule has 1 amide bonds. The number of carbonyl (C=O) groups is 1. The number of nitrogens with zero attached hydrogens (tertiary/aromatic N) is 3. The van der Waals surface area contributed by atoms with E-state index >= 15 is 0 Å². The summed E-state index contributed by atoms with van der Waals surface area (Å²) in [6.07, 6.45) is 3.97. The van der Waals surface area contributed by atoms with Crippen LogP contribution in [-0.2, 0) is 13.1 Å². The third-order valence-electron chi connectivity index (χ3n) is 5.48. The van der Waals surface area contributed by atoms with E-state index in [1.165, 1.54) is 19.1 Å². The lowest BCUT2D eigenvalue weighted by Gasteiger charge is -2.21. The zero-order valence-corrected chi connectivity index (χ0v) is 19.4. The molecule has 0 atom stereocenters. The molecule has 7 heteroatoms. The number of carbonyl (C=O) groups excluding carboxylic acids is 1. The standard InChI is InChI=1S/C26H32N4O3/c1-29(2)14-13-27-26(31)24-19-32-25(28-24)18-30(16-20-11-12-20)17-21-7-6-10-23(15-21)33-22-8-4-3-5-9-22/h3-10,15,19-20H,11-14,16-18H2,1-2H3,(H,27,31). The lowest BCUT2D eigenvalue weighted by atomic mass is 10.2. The molecule has 0 radical (unpaired) electrons. The van der Waals surface area contributed by atoms with E-state index in [9.17, 15) is 4.79 Å². The molecule has 0 aliphatic heterocycles. The van der Waals surface area contributed by atoms with Crippen molar-refractivity contribution in [2.45, 2.75) is 25.9 Å². The van der Waals surface area contributed by atoms with Crippen LogP contribution in [0.15, 0.2) is 65.3 Å². The second-order valence-electron chi connectivity index (χ2n) is 8.86. The monoisotopic (exact) mass is 448 g/mol. The van der Waals surface area contributed by atoms with Crippen molar-refractivity contribution in [3.05, 3.63) is 78.0 Å². The predicted molar refractivity (Wildman–Crippen MR) is 127 cm³/mol. The number of nitrogens with one attached hydrogen (secondary N) is 1. The Kier molecular flexibility index (Phi) is 7.75. The molecule has 1 fully saturated rings. The van der Waals surface area contributed by atoms with E-state index in [0.29, 0.717) is 24.7 Å². The SMILES string of the molecule is CN(C)CCNC(=O)c1coc(CN(Cc2cccc(Oc3ccccc3)c2)CC2CC2)n1. The highest BCUT2D eigenvalue weighted by atomic mass is 16.5. The van der Waals surface area contributed by atoms with Crippen LogP contribution in [0, 0.1) is 5.92 Å². The van der Waals surface area contributed by atoms with Gasteiger partial charge in [-0.3, -0.25) is 9.69 Å². The number of hydrogen-bond acceptors (Lipinski definition) is 6. The normalized spacial score (nSPS) is 13.5. The van der Waals surface area contributed by atoms with Gasteiger partial charge in [0.2, 0.25) is 5.89 Å². The van der Waals surface area contributed by atoms with Crippen LogP contribution in [0.1, 0.15) is 34.8 Å². The van der Waals surface area contributed by atoms with Crippen LogP contribution in [-0.4, -0.2) is 54.4 Å². The molecule has 1 saturated carbocycles. The van der Waals surface area contributed by atoms with E-state index in [1.54, 1.807) is 0 Å². The van der Waals surface area contributed by atoms with Crippen molar-refractivity contribution in [1.82, 2.24) is 20.1 Å². The van der Waals surface area contributed by atoms with Gasteiger partial charge < -0.3 is 19.4 Å². The zero-order chi connectivity index (χ0) is 23.0. The Balaban J connectivity index is 1.37. The minimum atomic E-state index is -0.202. The van der Waals surface area contributed by atoms with Gasteiger partial charge in [0.15, 0.2) is 5.69 Å². The van der Waals surface area contributed by atoms with Gasteiger partial charge in [0.05, 0.1) is 6.54 Å². The summed E-state index contributed by atoms with van der Waals surface area (Å²) in [6.45, 7) is 3.65. The van der Waals surface area contributed by atoms with Gasteiger partial charge in [0, 0.05) is 26.2 Å². The lowest BCUT2D eigenvalue weighted by Crippen LogP contribution is -2.31. The molecule has 0 saturated heterocycles. The number of likely N-dealkylation sites (N-methyl/N-ethyl adjacent to an activating group) is 1. The van der Waals surface area contributed by atoms with E-state index in [4.69, 9.17) is 9.15 Å². The fourth-order valence-corrected chi connectivity index (χ4v) is 3.60. The van der Waals surface area contributed by atoms with Crippen molar-refractivity contribution in [2.24, 2.45) is 5.92 Å². The first-order valence-electron chi connectivity index (χ1n) is 11.5. The number of rotatable bonds is 12. The number of ether oxygens (including phenoxy) is 1. The van der Waals surface area contributed by atoms with Gasteiger partial charge in [-0.25, -0.2) is 4.98 Å². The highest BCUT2D eigenvalue weighted by Gasteiger charge is 2.25. The first-order chi connectivity index (χ1) is 16.0. The first kappa shape index (κ1) is 23.0. The summed E-state index contributed by atoms with van der Waals surface area (Å²) in [5.41, 5.74) is 1.49. The Morgan fingerprint density at radius 2 is 1.88 bits per heavy atom. The van der Waals surface area contributed by atoms with Gasteiger partial charge >= 0.3 is 0 Å². The fraction of sp³-hybridized carbons (Fsp3) is 0.385. The fourth-order valence-electron chi connectivity index (χ4n) is 3.60. The number of hydrogen-bond donors (Lipinski definition) is 1. The summed E-state index contributed by atoms with van der Waals surface area (Å²) < 4.78 is 11.6. The van der Waals surface area contributed by atoms with E-state index in [1.807, 2.05) is 61.5 Å². The summed E-state index contributed by atoms with van der Waals surface area (Å²) >= 11 is 0. The maximum atomic E-state index is 12.3. The van der Waals surface area contributed by atoms with E-state index in [2.05, 4.69) is 27.3 Å². The van der Waals surface area contributed by atoms with Crippen LogP contribution >= 0.6 is 0 Å². The second-order valence-corrected chi connectivity index (χ2v) is 8.86. The molecule has 0 bridgehead atoms. The molecule has 0 spiro atoms. The van der Waals surface area contributed by atoms with Gasteiger partial charge in [0.25, 0.3) is 5.91 Å². The number of oxazole rings is 1. The molecule has 2 aromatic carbocycles. The summed E-state index contributed by atoms with van der Waals surface area (Å²) in [5, 5.41) is 2.87. The van der Waals surface area contributed by atoms with Crippen molar-refractivity contribution >= 4 is 5.91 Å². The van der Waals surface area contributed by atoms with E-state index in [-0.39, 0.29) is 5.91 Å². The van der Waals surface area contributed by atoms with Gasteiger partial charge in [-0.15, -0.1) is 0 Å². The summed E-state index contributed by atoms with van der Waals surface area (Å²) in [5.74, 6) is 2.72. The minimum absolute atomic E-state index is 0.202. The Morgan fingerprint density at radius 1 is 1.09 bits per heavy atom. The van der Waals surface area contributed by atoms with Crippen LogP contribution < -0.4 is 10.1 Å². The Bertz CT molecular complexity index is 1030. The lowest BCUT2D eigenvalue weighted by molar-refractivity contribution is 0.0946. The van der Waals surface area contributed by atoms with Gasteiger partial charge in [-0.05, 0) is 62.7 Å². The van der Waals surface area contributed by atoms with E-state index < -0.39 is 0 Å². The van der Waals surface area contributed by atoms with E-state index in [0.717, 1.165) is 42.6 Å². The zero-order valence-electron chi connectivity index (χ0n) is 19.4. The molecule has 33 heavy (non-hydrogen) atoms. The topological polar surface area (TPSA) is 70.8 Å². The molecular formula is C26H32N4O3. The predicted octanol–water partition coefficient (Wildman–Crippen LogP) is 4.17. The second kappa shape index (κ2) is 11.1. The third-order valence-corrected chi connectivity index (χ3v) is 5.48. The maximum absolute atomic E-state index is 12.3. The van der Waals surface area contributed by atoms with Crippen molar-refractivity contribution in [2.75, 3.05) is 33.7 Å². The number of benzene rings is 2. The third kappa shape index (κ3) is 7.44. The number of para-hydroxylation sites is 1. The van der Waals surface area contributed by atoms with Crippen molar-refractivity contribution in [3.63, 3.8) is 0 Å². The molecule has 1 aliphatic carbocycles. The molecule has 1 aliphatic rings. The quantitative estimate of drug-likeness (QED) is 0.448. The average molecular weight is 449 g/mol.